The molecule has 0 radical (unpaired) electrons. The molecule has 0 atom stereocenters. The lowest BCUT2D eigenvalue weighted by atomic mass is 10.1. The molecular formula is C22H22N2O3S. The topological polar surface area (TPSA) is 75.3 Å². The summed E-state index contributed by atoms with van der Waals surface area (Å²) < 4.78 is 27.5. The van der Waals surface area contributed by atoms with Gasteiger partial charge in [0.05, 0.1) is 4.90 Å². The predicted octanol–water partition coefficient (Wildman–Crippen LogP) is 4.03. The summed E-state index contributed by atoms with van der Waals surface area (Å²) in [5, 5.41) is 2.83. The van der Waals surface area contributed by atoms with E-state index in [1.165, 1.54) is 24.3 Å². The first-order valence-corrected chi connectivity index (χ1v) is 10.4. The van der Waals surface area contributed by atoms with Gasteiger partial charge in [-0.1, -0.05) is 47.5 Å². The van der Waals surface area contributed by atoms with Gasteiger partial charge in [0.15, 0.2) is 0 Å². The second kappa shape index (κ2) is 8.27. The normalized spacial score (nSPS) is 11.1. The van der Waals surface area contributed by atoms with Crippen LogP contribution in [0.4, 0.5) is 5.69 Å². The van der Waals surface area contributed by atoms with Crippen molar-refractivity contribution in [2.24, 2.45) is 0 Å². The largest absolute Gasteiger partial charge is 0.348 e. The zero-order valence-electron chi connectivity index (χ0n) is 15.8. The van der Waals surface area contributed by atoms with Gasteiger partial charge in [-0.15, -0.1) is 0 Å². The molecular weight excluding hydrogens is 372 g/mol. The summed E-state index contributed by atoms with van der Waals surface area (Å²) in [6.45, 7) is 4.35. The second-order valence-electron chi connectivity index (χ2n) is 6.66. The van der Waals surface area contributed by atoms with Crippen LogP contribution < -0.4 is 10.0 Å². The molecule has 3 rings (SSSR count). The van der Waals surface area contributed by atoms with Crippen molar-refractivity contribution in [2.45, 2.75) is 25.3 Å². The van der Waals surface area contributed by atoms with Gasteiger partial charge in [-0.2, -0.15) is 0 Å². The number of nitrogens with one attached hydrogen (secondary N) is 2. The van der Waals surface area contributed by atoms with Crippen molar-refractivity contribution >= 4 is 21.6 Å². The maximum atomic E-state index is 12.5. The van der Waals surface area contributed by atoms with Gasteiger partial charge in [-0.05, 0) is 55.8 Å². The molecule has 0 aromatic heterocycles. The summed E-state index contributed by atoms with van der Waals surface area (Å²) >= 11 is 0. The molecule has 3 aromatic carbocycles. The number of carbonyl (C=O) groups is 1. The highest BCUT2D eigenvalue weighted by Crippen LogP contribution is 2.17. The SMILES string of the molecule is Cc1ccc(CNC(=O)c2ccc(S(=O)(=O)Nc3ccc(C)cc3)cc2)cc1. The lowest BCUT2D eigenvalue weighted by molar-refractivity contribution is 0.0951. The van der Waals surface area contributed by atoms with E-state index in [0.29, 0.717) is 17.8 Å². The van der Waals surface area contributed by atoms with Crippen LogP contribution in [0.3, 0.4) is 0 Å². The van der Waals surface area contributed by atoms with Crippen molar-refractivity contribution in [1.29, 1.82) is 0 Å². The molecule has 0 saturated carbocycles. The van der Waals surface area contributed by atoms with Crippen molar-refractivity contribution < 1.29 is 13.2 Å². The van der Waals surface area contributed by atoms with E-state index in [-0.39, 0.29) is 10.8 Å². The first-order valence-electron chi connectivity index (χ1n) is 8.87. The lowest BCUT2D eigenvalue weighted by Gasteiger charge is -2.10. The Kier molecular flexibility index (Phi) is 5.80. The first-order chi connectivity index (χ1) is 13.3. The average Bonchev–Trinajstić information content (AvgIpc) is 2.69. The van der Waals surface area contributed by atoms with Crippen molar-refractivity contribution in [2.75, 3.05) is 4.72 Å². The van der Waals surface area contributed by atoms with Crippen LogP contribution in [0.5, 0.6) is 0 Å². The lowest BCUT2D eigenvalue weighted by Crippen LogP contribution is -2.23. The van der Waals surface area contributed by atoms with E-state index in [1.807, 2.05) is 50.2 Å². The van der Waals surface area contributed by atoms with Gasteiger partial charge in [-0.3, -0.25) is 9.52 Å². The Labute approximate surface area is 165 Å². The average molecular weight is 394 g/mol. The molecule has 0 saturated heterocycles. The fraction of sp³-hybridized carbons (Fsp3) is 0.136. The van der Waals surface area contributed by atoms with E-state index < -0.39 is 10.0 Å². The van der Waals surface area contributed by atoms with E-state index in [0.717, 1.165) is 16.7 Å². The third-order valence-corrected chi connectivity index (χ3v) is 5.70. The zero-order valence-corrected chi connectivity index (χ0v) is 16.6. The number of benzene rings is 3. The monoisotopic (exact) mass is 394 g/mol. The number of aryl methyl sites for hydroxylation is 2. The van der Waals surface area contributed by atoms with E-state index in [1.54, 1.807) is 12.1 Å². The molecule has 0 spiro atoms. The van der Waals surface area contributed by atoms with Gasteiger partial charge < -0.3 is 5.32 Å². The number of sulfonamides is 1. The maximum absolute atomic E-state index is 12.5. The highest BCUT2D eigenvalue weighted by atomic mass is 32.2. The minimum absolute atomic E-state index is 0.100. The molecule has 3 aromatic rings. The fourth-order valence-corrected chi connectivity index (χ4v) is 3.67. The van der Waals surface area contributed by atoms with E-state index in [9.17, 15) is 13.2 Å². The molecule has 0 unspecified atom stereocenters. The fourth-order valence-electron chi connectivity index (χ4n) is 2.61. The highest BCUT2D eigenvalue weighted by molar-refractivity contribution is 7.92. The predicted molar refractivity (Wildman–Crippen MR) is 111 cm³/mol. The highest BCUT2D eigenvalue weighted by Gasteiger charge is 2.15. The van der Waals surface area contributed by atoms with Crippen molar-refractivity contribution in [3.8, 4) is 0 Å². The van der Waals surface area contributed by atoms with Crippen LogP contribution in [0.15, 0.2) is 77.7 Å². The number of amides is 1. The minimum Gasteiger partial charge on any atom is -0.348 e. The Balaban J connectivity index is 1.65. The van der Waals surface area contributed by atoms with Crippen LogP contribution in [-0.2, 0) is 16.6 Å². The van der Waals surface area contributed by atoms with Crippen LogP contribution in [0.2, 0.25) is 0 Å². The Hall–Kier alpha value is -3.12. The van der Waals surface area contributed by atoms with Gasteiger partial charge in [0, 0.05) is 17.8 Å². The van der Waals surface area contributed by atoms with Gasteiger partial charge >= 0.3 is 0 Å². The summed E-state index contributed by atoms with van der Waals surface area (Å²) in [5.74, 6) is -0.254. The molecule has 144 valence electrons. The number of anilines is 1. The van der Waals surface area contributed by atoms with Crippen molar-refractivity contribution in [1.82, 2.24) is 5.32 Å². The molecule has 2 N–H and O–H groups in total. The molecule has 0 aliphatic carbocycles. The smallest absolute Gasteiger partial charge is 0.261 e. The summed E-state index contributed by atoms with van der Waals surface area (Å²) in [4.78, 5) is 12.4. The van der Waals surface area contributed by atoms with E-state index in [2.05, 4.69) is 10.0 Å². The molecule has 6 heteroatoms. The molecule has 0 heterocycles. The maximum Gasteiger partial charge on any atom is 0.261 e. The Morgan fingerprint density at radius 2 is 1.32 bits per heavy atom. The summed E-state index contributed by atoms with van der Waals surface area (Å²) in [6.07, 6.45) is 0. The molecule has 0 bridgehead atoms. The summed E-state index contributed by atoms with van der Waals surface area (Å²) in [7, 11) is -3.71. The number of hydrogen-bond donors (Lipinski definition) is 2. The number of carbonyl (C=O) groups excluding carboxylic acids is 1. The van der Waals surface area contributed by atoms with Crippen LogP contribution >= 0.6 is 0 Å². The zero-order chi connectivity index (χ0) is 20.1. The Morgan fingerprint density at radius 1 is 0.786 bits per heavy atom. The summed E-state index contributed by atoms with van der Waals surface area (Å²) in [6, 6.07) is 20.9. The van der Waals surface area contributed by atoms with E-state index >= 15 is 0 Å². The molecule has 0 aliphatic heterocycles. The van der Waals surface area contributed by atoms with Gasteiger partial charge in [-0.25, -0.2) is 8.42 Å². The molecule has 28 heavy (non-hydrogen) atoms. The van der Waals surface area contributed by atoms with Gasteiger partial charge in [0.25, 0.3) is 15.9 Å². The van der Waals surface area contributed by atoms with Gasteiger partial charge in [0.2, 0.25) is 0 Å². The molecule has 5 nitrogen and oxygen atoms in total. The van der Waals surface area contributed by atoms with Crippen molar-refractivity contribution in [3.63, 3.8) is 0 Å². The van der Waals surface area contributed by atoms with Gasteiger partial charge in [0.1, 0.15) is 0 Å². The Bertz CT molecular complexity index is 1060. The second-order valence-corrected chi connectivity index (χ2v) is 8.35. The molecule has 1 amide bonds. The molecule has 0 aliphatic rings. The number of hydrogen-bond acceptors (Lipinski definition) is 3. The first kappa shape index (κ1) is 19.6. The van der Waals surface area contributed by atoms with Crippen LogP contribution in [0.25, 0.3) is 0 Å². The third kappa shape index (κ3) is 4.98. The quantitative estimate of drug-likeness (QED) is 0.663. The van der Waals surface area contributed by atoms with Crippen LogP contribution in [-0.4, -0.2) is 14.3 Å². The van der Waals surface area contributed by atoms with E-state index in [4.69, 9.17) is 0 Å². The Morgan fingerprint density at radius 3 is 1.89 bits per heavy atom. The van der Waals surface area contributed by atoms with Crippen molar-refractivity contribution in [3.05, 3.63) is 95.1 Å². The molecule has 0 fully saturated rings. The minimum atomic E-state index is -3.71. The number of rotatable bonds is 6. The summed E-state index contributed by atoms with van der Waals surface area (Å²) in [5.41, 5.74) is 4.10. The standard InChI is InChI=1S/C22H22N2O3S/c1-16-3-7-18(8-4-16)15-23-22(25)19-9-13-21(14-10-19)28(26,27)24-20-11-5-17(2)6-12-20/h3-14,24H,15H2,1-2H3,(H,23,25). The van der Waals surface area contributed by atoms with Crippen LogP contribution in [0, 0.1) is 13.8 Å². The van der Waals surface area contributed by atoms with Crippen LogP contribution in [0.1, 0.15) is 27.0 Å². The third-order valence-electron chi connectivity index (χ3n) is 4.30.